The van der Waals surface area contributed by atoms with Gasteiger partial charge in [-0.15, -0.1) is 0 Å². The first kappa shape index (κ1) is 19.9. The molecule has 8 nitrogen and oxygen atoms in total. The monoisotopic (exact) mass is 407 g/mol. The van der Waals surface area contributed by atoms with E-state index >= 15 is 0 Å². The minimum absolute atomic E-state index is 0.0935. The molecule has 1 fully saturated rings. The van der Waals surface area contributed by atoms with Crippen LogP contribution in [0.1, 0.15) is 22.8 Å². The Morgan fingerprint density at radius 3 is 2.47 bits per heavy atom. The van der Waals surface area contributed by atoms with Gasteiger partial charge >= 0.3 is 0 Å². The van der Waals surface area contributed by atoms with E-state index in [1.165, 1.54) is 0 Å². The maximum Gasteiger partial charge on any atom is 0.227 e. The van der Waals surface area contributed by atoms with Crippen LogP contribution in [0.4, 0.5) is 5.82 Å². The van der Waals surface area contributed by atoms with E-state index in [0.29, 0.717) is 50.1 Å². The van der Waals surface area contributed by atoms with Gasteiger partial charge in [0.05, 0.1) is 12.1 Å². The summed E-state index contributed by atoms with van der Waals surface area (Å²) in [5.74, 6) is 3.51. The van der Waals surface area contributed by atoms with Gasteiger partial charge in [0.15, 0.2) is 0 Å². The van der Waals surface area contributed by atoms with Gasteiger partial charge in [-0.25, -0.2) is 4.98 Å². The molecular weight excluding hydrogens is 382 g/mol. The predicted octanol–water partition coefficient (Wildman–Crippen LogP) is 3.07. The van der Waals surface area contributed by atoms with Gasteiger partial charge in [0.2, 0.25) is 11.8 Å². The number of hydrogen-bond donors (Lipinski definition) is 0. The van der Waals surface area contributed by atoms with E-state index < -0.39 is 0 Å². The van der Waals surface area contributed by atoms with Crippen LogP contribution in [-0.4, -0.2) is 52.1 Å². The van der Waals surface area contributed by atoms with E-state index in [0.717, 1.165) is 22.8 Å². The van der Waals surface area contributed by atoms with Gasteiger partial charge in [0.25, 0.3) is 0 Å². The van der Waals surface area contributed by atoms with Crippen molar-refractivity contribution >= 4 is 11.7 Å². The molecule has 0 atom stereocenters. The molecular formula is C22H25N5O3. The van der Waals surface area contributed by atoms with Crippen molar-refractivity contribution in [3.8, 4) is 11.6 Å². The van der Waals surface area contributed by atoms with Crippen LogP contribution < -0.4 is 9.64 Å². The van der Waals surface area contributed by atoms with Gasteiger partial charge in [-0.3, -0.25) is 4.79 Å². The molecule has 156 valence electrons. The minimum Gasteiger partial charge on any atom is -0.439 e. The van der Waals surface area contributed by atoms with Gasteiger partial charge in [0, 0.05) is 37.8 Å². The SMILES string of the molecule is Cc1nc(Oc2ccccc2)cc(N2CCN(C(=O)Cc3c(C)noc3C)CC2)n1. The first-order chi connectivity index (χ1) is 14.5. The van der Waals surface area contributed by atoms with Gasteiger partial charge < -0.3 is 19.1 Å². The summed E-state index contributed by atoms with van der Waals surface area (Å²) >= 11 is 0. The fraction of sp³-hybridized carbons (Fsp3) is 0.364. The minimum atomic E-state index is 0.0935. The van der Waals surface area contributed by atoms with E-state index in [1.807, 2.05) is 62.1 Å². The maximum absolute atomic E-state index is 12.7. The van der Waals surface area contributed by atoms with E-state index in [-0.39, 0.29) is 5.91 Å². The normalized spacial score (nSPS) is 14.1. The second-order valence-electron chi connectivity index (χ2n) is 7.37. The summed E-state index contributed by atoms with van der Waals surface area (Å²) in [6, 6.07) is 11.4. The molecule has 1 aliphatic heterocycles. The van der Waals surface area contributed by atoms with Crippen LogP contribution in [0.25, 0.3) is 0 Å². The zero-order valence-electron chi connectivity index (χ0n) is 17.5. The third-order valence-corrected chi connectivity index (χ3v) is 5.23. The van der Waals surface area contributed by atoms with Crippen molar-refractivity contribution in [2.45, 2.75) is 27.2 Å². The number of amides is 1. The molecule has 1 aliphatic rings. The first-order valence-electron chi connectivity index (χ1n) is 10.0. The first-order valence-corrected chi connectivity index (χ1v) is 10.0. The van der Waals surface area contributed by atoms with Crippen LogP contribution in [0.3, 0.4) is 0 Å². The molecule has 1 amide bonds. The maximum atomic E-state index is 12.7. The summed E-state index contributed by atoms with van der Waals surface area (Å²) in [4.78, 5) is 25.7. The standard InChI is InChI=1S/C22H25N5O3/c1-15-19(16(2)30-25-15)13-22(28)27-11-9-26(10-12-27)20-14-21(24-17(3)23-20)29-18-7-5-4-6-8-18/h4-8,14H,9-13H2,1-3H3. The molecule has 0 saturated carbocycles. The molecule has 3 heterocycles. The van der Waals surface area contributed by atoms with Gasteiger partial charge in [-0.2, -0.15) is 4.98 Å². The summed E-state index contributed by atoms with van der Waals surface area (Å²) in [5, 5.41) is 3.93. The molecule has 0 aliphatic carbocycles. The van der Waals surface area contributed by atoms with Crippen LogP contribution >= 0.6 is 0 Å². The van der Waals surface area contributed by atoms with E-state index in [4.69, 9.17) is 9.26 Å². The Morgan fingerprint density at radius 1 is 1.07 bits per heavy atom. The summed E-state index contributed by atoms with van der Waals surface area (Å²) in [7, 11) is 0. The van der Waals surface area contributed by atoms with Crippen molar-refractivity contribution in [1.29, 1.82) is 0 Å². The molecule has 0 bridgehead atoms. The second kappa shape index (κ2) is 8.52. The van der Waals surface area contributed by atoms with Crippen LogP contribution in [0.15, 0.2) is 40.9 Å². The molecule has 0 unspecified atom stereocenters. The number of piperazine rings is 1. The fourth-order valence-electron chi connectivity index (χ4n) is 3.55. The third-order valence-electron chi connectivity index (χ3n) is 5.23. The van der Waals surface area contributed by atoms with Gasteiger partial charge in [-0.1, -0.05) is 23.4 Å². The number of hydrogen-bond acceptors (Lipinski definition) is 7. The van der Waals surface area contributed by atoms with Crippen molar-refractivity contribution in [3.05, 3.63) is 59.2 Å². The third kappa shape index (κ3) is 4.42. The Bertz CT molecular complexity index is 1010. The average Bonchev–Trinajstić information content (AvgIpc) is 3.06. The van der Waals surface area contributed by atoms with Gasteiger partial charge in [0.1, 0.15) is 23.2 Å². The molecule has 30 heavy (non-hydrogen) atoms. The highest BCUT2D eigenvalue weighted by atomic mass is 16.5. The number of nitrogens with zero attached hydrogens (tertiary/aromatic N) is 5. The number of aryl methyl sites for hydroxylation is 3. The topological polar surface area (TPSA) is 84.6 Å². The Kier molecular flexibility index (Phi) is 5.65. The lowest BCUT2D eigenvalue weighted by molar-refractivity contribution is -0.130. The van der Waals surface area contributed by atoms with Crippen LogP contribution in [-0.2, 0) is 11.2 Å². The van der Waals surface area contributed by atoms with Crippen LogP contribution in [0, 0.1) is 20.8 Å². The molecule has 0 radical (unpaired) electrons. The summed E-state index contributed by atoms with van der Waals surface area (Å²) in [5.41, 5.74) is 1.67. The summed E-state index contributed by atoms with van der Waals surface area (Å²) < 4.78 is 11.0. The molecule has 1 aromatic carbocycles. The molecule has 2 aromatic heterocycles. The number of anilines is 1. The second-order valence-corrected chi connectivity index (χ2v) is 7.37. The lowest BCUT2D eigenvalue weighted by Crippen LogP contribution is -2.49. The molecule has 3 aromatic rings. The average molecular weight is 407 g/mol. The van der Waals surface area contributed by atoms with Crippen molar-refractivity contribution in [2.75, 3.05) is 31.1 Å². The molecule has 4 rings (SSSR count). The highest BCUT2D eigenvalue weighted by Crippen LogP contribution is 2.24. The van der Waals surface area contributed by atoms with E-state index in [1.54, 1.807) is 0 Å². The smallest absolute Gasteiger partial charge is 0.227 e. The van der Waals surface area contributed by atoms with Crippen molar-refractivity contribution in [2.24, 2.45) is 0 Å². The molecule has 0 spiro atoms. The number of ether oxygens (including phenoxy) is 1. The number of carbonyl (C=O) groups is 1. The number of aromatic nitrogens is 3. The summed E-state index contributed by atoms with van der Waals surface area (Å²) in [6.07, 6.45) is 0.322. The zero-order valence-corrected chi connectivity index (χ0v) is 17.5. The lowest BCUT2D eigenvalue weighted by atomic mass is 10.1. The zero-order chi connectivity index (χ0) is 21.1. The lowest BCUT2D eigenvalue weighted by Gasteiger charge is -2.35. The fourth-order valence-corrected chi connectivity index (χ4v) is 3.55. The Labute approximate surface area is 175 Å². The van der Waals surface area contributed by atoms with Crippen molar-refractivity contribution < 1.29 is 14.1 Å². The van der Waals surface area contributed by atoms with Crippen molar-refractivity contribution in [1.82, 2.24) is 20.0 Å². The molecule has 8 heteroatoms. The Balaban J connectivity index is 1.39. The molecule has 0 N–H and O–H groups in total. The number of para-hydroxylation sites is 1. The van der Waals surface area contributed by atoms with Crippen LogP contribution in [0.5, 0.6) is 11.6 Å². The van der Waals surface area contributed by atoms with Gasteiger partial charge in [-0.05, 0) is 32.9 Å². The quantitative estimate of drug-likeness (QED) is 0.643. The van der Waals surface area contributed by atoms with E-state index in [2.05, 4.69) is 20.0 Å². The Hall–Kier alpha value is -3.42. The van der Waals surface area contributed by atoms with E-state index in [9.17, 15) is 4.79 Å². The number of rotatable bonds is 5. The summed E-state index contributed by atoms with van der Waals surface area (Å²) in [6.45, 7) is 8.24. The Morgan fingerprint density at radius 2 is 1.80 bits per heavy atom. The highest BCUT2D eigenvalue weighted by molar-refractivity contribution is 5.79. The van der Waals surface area contributed by atoms with Crippen LogP contribution in [0.2, 0.25) is 0 Å². The highest BCUT2D eigenvalue weighted by Gasteiger charge is 2.24. The largest absolute Gasteiger partial charge is 0.439 e. The predicted molar refractivity (Wildman–Crippen MR) is 112 cm³/mol. The number of carbonyl (C=O) groups excluding carboxylic acids is 1. The number of benzene rings is 1. The van der Waals surface area contributed by atoms with Crippen molar-refractivity contribution in [3.63, 3.8) is 0 Å². The molecule has 1 saturated heterocycles.